The molecule has 17 heavy (non-hydrogen) atoms. The molecule has 0 heterocycles. The normalized spacial score (nSPS) is 9.71. The van der Waals surface area contributed by atoms with E-state index in [9.17, 15) is 14.9 Å². The van der Waals surface area contributed by atoms with Crippen LogP contribution in [-0.4, -0.2) is 31.2 Å². The van der Waals surface area contributed by atoms with E-state index in [1.165, 1.54) is 24.3 Å². The Hall–Kier alpha value is -2.15. The predicted octanol–water partition coefficient (Wildman–Crippen LogP) is 0.903. The van der Waals surface area contributed by atoms with Gasteiger partial charge in [0.2, 0.25) is 0 Å². The number of amides is 1. The number of nitro benzene ring substituents is 1. The van der Waals surface area contributed by atoms with Gasteiger partial charge in [-0.25, -0.2) is 4.79 Å². The van der Waals surface area contributed by atoms with Gasteiger partial charge in [-0.15, -0.1) is 0 Å². The van der Waals surface area contributed by atoms with Gasteiger partial charge in [-0.05, 0) is 19.2 Å². The van der Waals surface area contributed by atoms with Crippen molar-refractivity contribution in [3.8, 4) is 5.75 Å². The fourth-order valence-corrected chi connectivity index (χ4v) is 1.07. The second-order valence-corrected chi connectivity index (χ2v) is 3.17. The van der Waals surface area contributed by atoms with Crippen molar-refractivity contribution in [3.63, 3.8) is 0 Å². The number of hydrogen-bond acceptors (Lipinski definition) is 5. The minimum absolute atomic E-state index is 0.0482. The Morgan fingerprint density at radius 2 is 2.00 bits per heavy atom. The van der Waals surface area contributed by atoms with Gasteiger partial charge in [0, 0.05) is 25.2 Å². The standard InChI is InChI=1S/C10H13N3O4/c1-11-6-7-12-10(14)17-9-4-2-8(3-5-9)13(15)16/h2-5,11H,6-7H2,1H3,(H,12,14). The van der Waals surface area contributed by atoms with Crippen molar-refractivity contribution in [1.82, 2.24) is 10.6 Å². The van der Waals surface area contributed by atoms with Gasteiger partial charge in [0.1, 0.15) is 5.75 Å². The molecule has 0 fully saturated rings. The van der Waals surface area contributed by atoms with Gasteiger partial charge in [0.25, 0.3) is 5.69 Å². The van der Waals surface area contributed by atoms with Crippen LogP contribution in [0, 0.1) is 10.1 Å². The van der Waals surface area contributed by atoms with Crippen LogP contribution in [0.1, 0.15) is 0 Å². The van der Waals surface area contributed by atoms with Crippen molar-refractivity contribution in [1.29, 1.82) is 0 Å². The summed E-state index contributed by atoms with van der Waals surface area (Å²) in [6.07, 6.45) is -0.589. The minimum Gasteiger partial charge on any atom is -0.410 e. The molecule has 1 amide bonds. The van der Waals surface area contributed by atoms with Crippen LogP contribution in [-0.2, 0) is 0 Å². The number of rotatable bonds is 5. The lowest BCUT2D eigenvalue weighted by Crippen LogP contribution is -2.32. The SMILES string of the molecule is CNCCNC(=O)Oc1ccc([N+](=O)[O-])cc1. The molecule has 92 valence electrons. The van der Waals surface area contributed by atoms with E-state index in [-0.39, 0.29) is 11.4 Å². The predicted molar refractivity (Wildman–Crippen MR) is 61.0 cm³/mol. The summed E-state index contributed by atoms with van der Waals surface area (Å²) in [6.45, 7) is 1.08. The maximum atomic E-state index is 11.2. The first-order valence-corrected chi connectivity index (χ1v) is 4.98. The van der Waals surface area contributed by atoms with Crippen LogP contribution in [0.25, 0.3) is 0 Å². The molecule has 0 spiro atoms. The Labute approximate surface area is 97.9 Å². The molecule has 7 heteroatoms. The average molecular weight is 239 g/mol. The van der Waals surface area contributed by atoms with E-state index in [1.54, 1.807) is 7.05 Å². The van der Waals surface area contributed by atoms with E-state index in [0.29, 0.717) is 13.1 Å². The largest absolute Gasteiger partial charge is 0.412 e. The highest BCUT2D eigenvalue weighted by molar-refractivity contribution is 5.70. The van der Waals surface area contributed by atoms with Gasteiger partial charge < -0.3 is 15.4 Å². The minimum atomic E-state index is -0.589. The number of nitro groups is 1. The Bertz CT molecular complexity index is 391. The number of ether oxygens (including phenoxy) is 1. The lowest BCUT2D eigenvalue weighted by atomic mass is 10.3. The monoisotopic (exact) mass is 239 g/mol. The lowest BCUT2D eigenvalue weighted by molar-refractivity contribution is -0.384. The molecular weight excluding hydrogens is 226 g/mol. The maximum Gasteiger partial charge on any atom is 0.412 e. The molecule has 0 saturated heterocycles. The molecule has 0 atom stereocenters. The third-order valence-corrected chi connectivity index (χ3v) is 1.90. The summed E-state index contributed by atoms with van der Waals surface area (Å²) in [5.74, 6) is 0.262. The van der Waals surface area contributed by atoms with Gasteiger partial charge in [-0.2, -0.15) is 0 Å². The zero-order valence-corrected chi connectivity index (χ0v) is 9.30. The molecule has 0 aliphatic heterocycles. The van der Waals surface area contributed by atoms with Crippen LogP contribution in [0.2, 0.25) is 0 Å². The molecular formula is C10H13N3O4. The fraction of sp³-hybridized carbons (Fsp3) is 0.300. The highest BCUT2D eigenvalue weighted by Crippen LogP contribution is 2.17. The first-order valence-electron chi connectivity index (χ1n) is 4.98. The Kier molecular flexibility index (Phi) is 4.89. The van der Waals surface area contributed by atoms with E-state index in [0.717, 1.165) is 0 Å². The van der Waals surface area contributed by atoms with Crippen molar-refractivity contribution in [2.45, 2.75) is 0 Å². The maximum absolute atomic E-state index is 11.2. The Morgan fingerprint density at radius 1 is 1.35 bits per heavy atom. The number of nitrogens with zero attached hydrogens (tertiary/aromatic N) is 1. The van der Waals surface area contributed by atoms with Crippen LogP contribution in [0.4, 0.5) is 10.5 Å². The molecule has 0 unspecified atom stereocenters. The smallest absolute Gasteiger partial charge is 0.410 e. The summed E-state index contributed by atoms with van der Waals surface area (Å²) in [5, 5.41) is 15.8. The highest BCUT2D eigenvalue weighted by Gasteiger charge is 2.07. The molecule has 0 aliphatic rings. The summed E-state index contributed by atoms with van der Waals surface area (Å²) in [6, 6.07) is 5.29. The van der Waals surface area contributed by atoms with Crippen LogP contribution >= 0.6 is 0 Å². The van der Waals surface area contributed by atoms with Crippen LogP contribution in [0.3, 0.4) is 0 Å². The van der Waals surface area contributed by atoms with Crippen LogP contribution in [0.5, 0.6) is 5.75 Å². The van der Waals surface area contributed by atoms with E-state index in [4.69, 9.17) is 4.74 Å². The van der Waals surface area contributed by atoms with Gasteiger partial charge in [0.15, 0.2) is 0 Å². The number of carbonyl (C=O) groups is 1. The zero-order chi connectivity index (χ0) is 12.7. The second-order valence-electron chi connectivity index (χ2n) is 3.17. The molecule has 0 aromatic heterocycles. The quantitative estimate of drug-likeness (QED) is 0.452. The molecule has 1 aromatic carbocycles. The van der Waals surface area contributed by atoms with E-state index < -0.39 is 11.0 Å². The van der Waals surface area contributed by atoms with E-state index in [2.05, 4.69) is 10.6 Å². The highest BCUT2D eigenvalue weighted by atomic mass is 16.6. The number of likely N-dealkylation sites (N-methyl/N-ethyl adjacent to an activating group) is 1. The van der Waals surface area contributed by atoms with Crippen molar-refractivity contribution < 1.29 is 14.5 Å². The molecule has 0 saturated carbocycles. The average Bonchev–Trinajstić information content (AvgIpc) is 2.30. The van der Waals surface area contributed by atoms with Crippen molar-refractivity contribution in [3.05, 3.63) is 34.4 Å². The van der Waals surface area contributed by atoms with Gasteiger partial charge in [-0.1, -0.05) is 0 Å². The van der Waals surface area contributed by atoms with Crippen LogP contribution < -0.4 is 15.4 Å². The summed E-state index contributed by atoms with van der Waals surface area (Å²) in [5.41, 5.74) is -0.0482. The summed E-state index contributed by atoms with van der Waals surface area (Å²) >= 11 is 0. The number of hydrogen-bond donors (Lipinski definition) is 2. The Morgan fingerprint density at radius 3 is 2.53 bits per heavy atom. The zero-order valence-electron chi connectivity index (χ0n) is 9.30. The summed E-state index contributed by atoms with van der Waals surface area (Å²) in [7, 11) is 1.77. The second kappa shape index (κ2) is 6.44. The summed E-state index contributed by atoms with van der Waals surface area (Å²) < 4.78 is 4.90. The van der Waals surface area contributed by atoms with Gasteiger partial charge in [0.05, 0.1) is 4.92 Å². The molecule has 1 aromatic rings. The van der Waals surface area contributed by atoms with Gasteiger partial charge >= 0.3 is 6.09 Å². The van der Waals surface area contributed by atoms with Crippen molar-refractivity contribution in [2.24, 2.45) is 0 Å². The molecule has 0 radical (unpaired) electrons. The first-order chi connectivity index (χ1) is 8.13. The molecule has 2 N–H and O–H groups in total. The van der Waals surface area contributed by atoms with E-state index >= 15 is 0 Å². The van der Waals surface area contributed by atoms with Crippen molar-refractivity contribution >= 4 is 11.8 Å². The first kappa shape index (κ1) is 12.9. The lowest BCUT2D eigenvalue weighted by Gasteiger charge is -2.05. The molecule has 1 rings (SSSR count). The van der Waals surface area contributed by atoms with E-state index in [1.807, 2.05) is 0 Å². The summed E-state index contributed by atoms with van der Waals surface area (Å²) in [4.78, 5) is 21.1. The molecule has 0 bridgehead atoms. The fourth-order valence-electron chi connectivity index (χ4n) is 1.07. The third-order valence-electron chi connectivity index (χ3n) is 1.90. The number of non-ortho nitro benzene ring substituents is 1. The topological polar surface area (TPSA) is 93.5 Å². The molecule has 0 aliphatic carbocycles. The van der Waals surface area contributed by atoms with Gasteiger partial charge in [-0.3, -0.25) is 10.1 Å². The number of carbonyl (C=O) groups excluding carboxylic acids is 1. The molecule has 7 nitrogen and oxygen atoms in total. The number of nitrogens with one attached hydrogen (secondary N) is 2. The third kappa shape index (κ3) is 4.47. The number of benzene rings is 1. The van der Waals surface area contributed by atoms with Crippen molar-refractivity contribution in [2.75, 3.05) is 20.1 Å². The van der Waals surface area contributed by atoms with Crippen LogP contribution in [0.15, 0.2) is 24.3 Å². The Balaban J connectivity index is 2.46.